The van der Waals surface area contributed by atoms with Crippen molar-refractivity contribution >= 4 is 0 Å². The maximum atomic E-state index is 10.4. The molecule has 1 spiro atoms. The van der Waals surface area contributed by atoms with Crippen LogP contribution in [0.5, 0.6) is 0 Å². The number of hydrogen-bond donors (Lipinski definition) is 1. The second kappa shape index (κ2) is 4.55. The number of ether oxygens (including phenoxy) is 1. The van der Waals surface area contributed by atoms with Gasteiger partial charge in [0, 0.05) is 6.61 Å². The maximum Gasteiger partial charge on any atom is 0.0686 e. The zero-order valence-electron chi connectivity index (χ0n) is 11.0. The number of aliphatic hydroxyl groups excluding tert-OH is 1. The van der Waals surface area contributed by atoms with Crippen LogP contribution in [0, 0.1) is 17.8 Å². The molecule has 1 saturated heterocycles. The summed E-state index contributed by atoms with van der Waals surface area (Å²) in [6.07, 6.45) is 9.87. The molecule has 0 aromatic carbocycles. The first-order valence-corrected chi connectivity index (χ1v) is 7.52. The highest BCUT2D eigenvalue weighted by Gasteiger charge is 2.46. The fraction of sp³-hybridized carbons (Fsp3) is 1.00. The van der Waals surface area contributed by atoms with Gasteiger partial charge in [-0.25, -0.2) is 0 Å². The Labute approximate surface area is 105 Å². The third-order valence-corrected chi connectivity index (χ3v) is 5.39. The molecule has 0 bridgehead atoms. The summed E-state index contributed by atoms with van der Waals surface area (Å²) in [7, 11) is 0. The molecular weight excluding hydrogens is 212 g/mol. The lowest BCUT2D eigenvalue weighted by Crippen LogP contribution is -2.44. The van der Waals surface area contributed by atoms with Crippen LogP contribution >= 0.6 is 0 Å². The fourth-order valence-corrected chi connectivity index (χ4v) is 4.08. The van der Waals surface area contributed by atoms with Crippen molar-refractivity contribution in [2.24, 2.45) is 17.8 Å². The van der Waals surface area contributed by atoms with E-state index in [9.17, 15) is 5.11 Å². The van der Waals surface area contributed by atoms with E-state index in [4.69, 9.17) is 4.74 Å². The molecule has 2 aliphatic carbocycles. The average Bonchev–Trinajstić information content (AvgIpc) is 3.06. The number of hydrogen-bond acceptors (Lipinski definition) is 2. The van der Waals surface area contributed by atoms with Gasteiger partial charge in [0.2, 0.25) is 0 Å². The lowest BCUT2D eigenvalue weighted by atomic mass is 9.74. The topological polar surface area (TPSA) is 29.5 Å². The molecule has 1 heterocycles. The van der Waals surface area contributed by atoms with E-state index in [1.807, 2.05) is 0 Å². The molecule has 2 heteroatoms. The van der Waals surface area contributed by atoms with E-state index < -0.39 is 0 Å². The van der Waals surface area contributed by atoms with E-state index in [1.165, 1.54) is 38.5 Å². The van der Waals surface area contributed by atoms with Gasteiger partial charge in [0.1, 0.15) is 0 Å². The molecule has 2 nitrogen and oxygen atoms in total. The summed E-state index contributed by atoms with van der Waals surface area (Å²) in [6, 6.07) is 0. The molecule has 3 rings (SSSR count). The van der Waals surface area contributed by atoms with Gasteiger partial charge in [-0.15, -0.1) is 0 Å². The first-order valence-electron chi connectivity index (χ1n) is 7.52. The lowest BCUT2D eigenvalue weighted by Gasteiger charge is -2.44. The quantitative estimate of drug-likeness (QED) is 0.801. The van der Waals surface area contributed by atoms with Crippen LogP contribution in [0.15, 0.2) is 0 Å². The van der Waals surface area contributed by atoms with E-state index in [2.05, 4.69) is 6.92 Å². The van der Waals surface area contributed by atoms with Crippen molar-refractivity contribution in [3.63, 3.8) is 0 Å². The summed E-state index contributed by atoms with van der Waals surface area (Å²) >= 11 is 0. The lowest BCUT2D eigenvalue weighted by molar-refractivity contribution is -0.135. The predicted molar refractivity (Wildman–Crippen MR) is 67.8 cm³/mol. The first-order chi connectivity index (χ1) is 8.20. The van der Waals surface area contributed by atoms with Crippen molar-refractivity contribution in [3.05, 3.63) is 0 Å². The maximum absolute atomic E-state index is 10.4. The van der Waals surface area contributed by atoms with Gasteiger partial charge in [-0.1, -0.05) is 26.2 Å². The second-order valence-electron chi connectivity index (χ2n) is 6.71. The molecule has 2 saturated carbocycles. The van der Waals surface area contributed by atoms with Crippen molar-refractivity contribution in [1.82, 2.24) is 0 Å². The largest absolute Gasteiger partial charge is 0.393 e. The molecule has 1 aliphatic heterocycles. The Morgan fingerprint density at radius 2 is 1.94 bits per heavy atom. The van der Waals surface area contributed by atoms with Gasteiger partial charge in [0.05, 0.1) is 11.7 Å². The highest BCUT2D eigenvalue weighted by atomic mass is 16.5. The normalized spacial score (nSPS) is 42.4. The molecule has 17 heavy (non-hydrogen) atoms. The van der Waals surface area contributed by atoms with Crippen molar-refractivity contribution in [2.75, 3.05) is 6.61 Å². The van der Waals surface area contributed by atoms with Crippen molar-refractivity contribution in [1.29, 1.82) is 0 Å². The summed E-state index contributed by atoms with van der Waals surface area (Å²) in [5.74, 6) is 1.87. The van der Waals surface area contributed by atoms with Gasteiger partial charge in [-0.05, 0) is 49.9 Å². The van der Waals surface area contributed by atoms with Gasteiger partial charge >= 0.3 is 0 Å². The van der Waals surface area contributed by atoms with Gasteiger partial charge in [0.15, 0.2) is 0 Å². The Bertz CT molecular complexity index is 265. The summed E-state index contributed by atoms with van der Waals surface area (Å²) in [6.45, 7) is 3.15. The van der Waals surface area contributed by atoms with Crippen LogP contribution in [0.25, 0.3) is 0 Å². The van der Waals surface area contributed by atoms with Crippen LogP contribution in [0.2, 0.25) is 0 Å². The summed E-state index contributed by atoms with van der Waals surface area (Å²) in [5.41, 5.74) is 0.153. The molecule has 0 aromatic rings. The predicted octanol–water partition coefficient (Wildman–Crippen LogP) is 3.13. The molecule has 4 unspecified atom stereocenters. The third kappa shape index (κ3) is 2.39. The van der Waals surface area contributed by atoms with E-state index in [0.29, 0.717) is 11.8 Å². The fourth-order valence-electron chi connectivity index (χ4n) is 4.08. The Hall–Kier alpha value is -0.0800. The van der Waals surface area contributed by atoms with Crippen LogP contribution in [0.4, 0.5) is 0 Å². The molecule has 4 atom stereocenters. The zero-order chi connectivity index (χ0) is 11.9. The molecule has 3 fully saturated rings. The van der Waals surface area contributed by atoms with E-state index in [0.717, 1.165) is 25.4 Å². The van der Waals surface area contributed by atoms with Crippen molar-refractivity contribution in [3.8, 4) is 0 Å². The summed E-state index contributed by atoms with van der Waals surface area (Å²) < 4.78 is 6.10. The Kier molecular flexibility index (Phi) is 3.20. The standard InChI is InChI=1S/C15H26O2/c1-11-9-13(11)14(16)12-5-8-17-15(10-12)6-3-2-4-7-15/h11-14,16H,2-10H2,1H3. The molecular formula is C15H26O2. The summed E-state index contributed by atoms with van der Waals surface area (Å²) in [4.78, 5) is 0. The SMILES string of the molecule is CC1CC1C(O)C1CCOC2(CCCCC2)C1. The minimum Gasteiger partial charge on any atom is -0.393 e. The van der Waals surface area contributed by atoms with E-state index in [-0.39, 0.29) is 11.7 Å². The second-order valence-corrected chi connectivity index (χ2v) is 6.71. The smallest absolute Gasteiger partial charge is 0.0686 e. The highest BCUT2D eigenvalue weighted by molar-refractivity contribution is 4.97. The highest BCUT2D eigenvalue weighted by Crippen LogP contribution is 2.48. The zero-order valence-corrected chi connectivity index (χ0v) is 11.0. The van der Waals surface area contributed by atoms with Crippen LogP contribution in [-0.2, 0) is 4.74 Å². The Morgan fingerprint density at radius 3 is 2.59 bits per heavy atom. The van der Waals surface area contributed by atoms with Crippen LogP contribution in [-0.4, -0.2) is 23.4 Å². The molecule has 3 aliphatic rings. The van der Waals surface area contributed by atoms with Crippen LogP contribution in [0.1, 0.15) is 58.3 Å². The van der Waals surface area contributed by atoms with Gasteiger partial charge in [-0.3, -0.25) is 0 Å². The third-order valence-electron chi connectivity index (χ3n) is 5.39. The molecule has 1 N–H and O–H groups in total. The number of aliphatic hydroxyl groups is 1. The van der Waals surface area contributed by atoms with Gasteiger partial charge in [-0.2, -0.15) is 0 Å². The summed E-state index contributed by atoms with van der Waals surface area (Å²) in [5, 5.41) is 10.4. The van der Waals surface area contributed by atoms with Crippen molar-refractivity contribution < 1.29 is 9.84 Å². The van der Waals surface area contributed by atoms with Crippen molar-refractivity contribution in [2.45, 2.75) is 70.0 Å². The van der Waals surface area contributed by atoms with Crippen LogP contribution < -0.4 is 0 Å². The number of rotatable bonds is 2. The first kappa shape index (κ1) is 12.0. The minimum absolute atomic E-state index is 0.0484. The Morgan fingerprint density at radius 1 is 1.24 bits per heavy atom. The minimum atomic E-state index is -0.0484. The van der Waals surface area contributed by atoms with E-state index >= 15 is 0 Å². The molecule has 98 valence electrons. The van der Waals surface area contributed by atoms with E-state index in [1.54, 1.807) is 0 Å². The average molecular weight is 238 g/mol. The molecule has 0 aromatic heterocycles. The van der Waals surface area contributed by atoms with Crippen LogP contribution in [0.3, 0.4) is 0 Å². The molecule has 0 radical (unpaired) electrons. The monoisotopic (exact) mass is 238 g/mol. The Balaban J connectivity index is 1.62. The molecule has 0 amide bonds. The van der Waals surface area contributed by atoms with Gasteiger partial charge in [0.25, 0.3) is 0 Å². The van der Waals surface area contributed by atoms with Gasteiger partial charge < -0.3 is 9.84 Å².